The van der Waals surface area contributed by atoms with Crippen LogP contribution >= 0.6 is 23.1 Å². The third-order valence-electron chi connectivity index (χ3n) is 5.60. The first-order valence-corrected chi connectivity index (χ1v) is 13.2. The lowest BCUT2D eigenvalue weighted by Crippen LogP contribution is -2.37. The van der Waals surface area contributed by atoms with E-state index in [-0.39, 0.29) is 29.6 Å². The van der Waals surface area contributed by atoms with E-state index in [2.05, 4.69) is 15.6 Å². The average molecular weight is 498 g/mol. The van der Waals surface area contributed by atoms with Crippen LogP contribution in [0.2, 0.25) is 0 Å². The summed E-state index contributed by atoms with van der Waals surface area (Å²) >= 11 is 2.78. The highest BCUT2D eigenvalue weighted by molar-refractivity contribution is 8.01. The molecule has 7 nitrogen and oxygen atoms in total. The molecular weight excluding hydrogens is 470 g/mol. The Labute approximate surface area is 206 Å². The van der Waals surface area contributed by atoms with E-state index >= 15 is 0 Å². The minimum atomic E-state index is -0.338. The Kier molecular flexibility index (Phi) is 8.18. The van der Waals surface area contributed by atoms with Crippen molar-refractivity contribution in [2.45, 2.75) is 49.4 Å². The first-order chi connectivity index (χ1) is 16.5. The lowest BCUT2D eigenvalue weighted by atomic mass is 9.95. The van der Waals surface area contributed by atoms with Crippen molar-refractivity contribution in [3.05, 3.63) is 53.6 Å². The summed E-state index contributed by atoms with van der Waals surface area (Å²) in [5.74, 6) is -0.614. The van der Waals surface area contributed by atoms with Gasteiger partial charge >= 0.3 is 5.97 Å². The molecule has 0 saturated heterocycles. The van der Waals surface area contributed by atoms with E-state index in [9.17, 15) is 14.4 Å². The number of fused-ring (bicyclic) bond motifs is 1. The maximum absolute atomic E-state index is 13.1. The zero-order valence-corrected chi connectivity index (χ0v) is 20.6. The summed E-state index contributed by atoms with van der Waals surface area (Å²) in [5, 5.41) is 5.99. The van der Waals surface area contributed by atoms with Crippen LogP contribution in [-0.2, 0) is 9.53 Å². The number of nitrogens with zero attached hydrogens (tertiary/aromatic N) is 1. The van der Waals surface area contributed by atoms with Crippen LogP contribution in [0.3, 0.4) is 0 Å². The molecule has 1 heterocycles. The van der Waals surface area contributed by atoms with Gasteiger partial charge in [-0.15, -0.1) is 11.3 Å². The Morgan fingerprint density at radius 1 is 1.06 bits per heavy atom. The zero-order valence-electron chi connectivity index (χ0n) is 19.0. The molecule has 3 aromatic rings. The second-order valence-electron chi connectivity index (χ2n) is 8.06. The summed E-state index contributed by atoms with van der Waals surface area (Å²) in [6, 6.07) is 12.5. The third kappa shape index (κ3) is 6.15. The van der Waals surface area contributed by atoms with Crippen LogP contribution in [0.15, 0.2) is 46.8 Å². The van der Waals surface area contributed by atoms with Crippen molar-refractivity contribution in [3.63, 3.8) is 0 Å². The van der Waals surface area contributed by atoms with Crippen molar-refractivity contribution >= 4 is 56.8 Å². The Hall–Kier alpha value is -2.91. The lowest BCUT2D eigenvalue weighted by molar-refractivity contribution is -0.139. The Bertz CT molecular complexity index is 1190. The average Bonchev–Trinajstić information content (AvgIpc) is 3.26. The van der Waals surface area contributed by atoms with Crippen LogP contribution in [0, 0.1) is 0 Å². The van der Waals surface area contributed by atoms with Crippen molar-refractivity contribution in [2.75, 3.05) is 17.7 Å². The highest BCUT2D eigenvalue weighted by atomic mass is 32.2. The van der Waals surface area contributed by atoms with Crippen LogP contribution < -0.4 is 10.6 Å². The van der Waals surface area contributed by atoms with E-state index in [1.165, 1.54) is 29.5 Å². The van der Waals surface area contributed by atoms with Crippen LogP contribution in [0.1, 0.15) is 59.7 Å². The number of hydrogen-bond donors (Lipinski definition) is 2. The molecule has 0 unspecified atom stereocenters. The molecule has 4 rings (SSSR count). The van der Waals surface area contributed by atoms with Gasteiger partial charge in [0.25, 0.3) is 11.8 Å². The van der Waals surface area contributed by atoms with Crippen LogP contribution in [0.4, 0.5) is 5.69 Å². The number of amides is 2. The SMILES string of the molecule is CCOC(=O)CSc1nc2ccc(NC(=O)c3ccccc3C(=O)NC3CCCCC3)cc2s1. The number of rotatable bonds is 8. The fourth-order valence-corrected chi connectivity index (χ4v) is 5.86. The minimum Gasteiger partial charge on any atom is -0.465 e. The molecule has 1 saturated carbocycles. The fourth-order valence-electron chi connectivity index (χ4n) is 3.95. The molecule has 1 aliphatic rings. The lowest BCUT2D eigenvalue weighted by Gasteiger charge is -2.23. The van der Waals surface area contributed by atoms with Crippen molar-refractivity contribution in [1.29, 1.82) is 0 Å². The summed E-state index contributed by atoms with van der Waals surface area (Å²) < 4.78 is 6.61. The zero-order chi connectivity index (χ0) is 23.9. The van der Waals surface area contributed by atoms with Crippen molar-refractivity contribution in [2.24, 2.45) is 0 Å². The number of thioether (sulfide) groups is 1. The van der Waals surface area contributed by atoms with Gasteiger partial charge in [0.15, 0.2) is 4.34 Å². The molecule has 0 bridgehead atoms. The number of nitrogens with one attached hydrogen (secondary N) is 2. The number of esters is 1. The highest BCUT2D eigenvalue weighted by Gasteiger charge is 2.21. The Balaban J connectivity index is 1.44. The molecule has 0 radical (unpaired) electrons. The summed E-state index contributed by atoms with van der Waals surface area (Å²) in [5.41, 5.74) is 2.13. The number of benzene rings is 2. The molecule has 0 aliphatic heterocycles. The van der Waals surface area contributed by atoms with Crippen molar-refractivity contribution in [3.8, 4) is 0 Å². The Morgan fingerprint density at radius 2 is 1.79 bits per heavy atom. The van der Waals surface area contributed by atoms with E-state index < -0.39 is 0 Å². The second kappa shape index (κ2) is 11.5. The van der Waals surface area contributed by atoms with Gasteiger partial charge in [-0.1, -0.05) is 43.2 Å². The number of hydrogen-bond acceptors (Lipinski definition) is 7. The quantitative estimate of drug-likeness (QED) is 0.325. The monoisotopic (exact) mass is 497 g/mol. The van der Waals surface area contributed by atoms with Crippen molar-refractivity contribution < 1.29 is 19.1 Å². The predicted octanol–water partition coefficient (Wildman–Crippen LogP) is 5.27. The number of carbonyl (C=O) groups is 3. The van der Waals surface area contributed by atoms with Gasteiger partial charge in [0.1, 0.15) is 0 Å². The number of carbonyl (C=O) groups excluding carboxylic acids is 3. The molecular formula is C25H27N3O4S2. The van der Waals surface area contributed by atoms with Gasteiger partial charge in [0.05, 0.1) is 33.7 Å². The van der Waals surface area contributed by atoms with Gasteiger partial charge in [-0.05, 0) is 50.1 Å². The summed E-state index contributed by atoms with van der Waals surface area (Å²) in [4.78, 5) is 42.0. The maximum atomic E-state index is 13.1. The van der Waals surface area contributed by atoms with E-state index in [4.69, 9.17) is 4.74 Å². The van der Waals surface area contributed by atoms with E-state index in [0.29, 0.717) is 23.4 Å². The number of aromatic nitrogens is 1. The largest absolute Gasteiger partial charge is 0.465 e. The van der Waals surface area contributed by atoms with Crippen LogP contribution in [0.5, 0.6) is 0 Å². The first kappa shape index (κ1) is 24.2. The molecule has 2 amide bonds. The molecule has 178 valence electrons. The summed E-state index contributed by atoms with van der Waals surface area (Å²) in [6.07, 6.45) is 5.41. The van der Waals surface area contributed by atoms with Gasteiger partial charge in [0, 0.05) is 11.7 Å². The summed E-state index contributed by atoms with van der Waals surface area (Å²) in [6.45, 7) is 2.13. The molecule has 34 heavy (non-hydrogen) atoms. The number of ether oxygens (including phenoxy) is 1. The normalized spacial score (nSPS) is 14.0. The standard InChI is InChI=1S/C25H27N3O4S2/c1-2-32-22(29)15-33-25-28-20-13-12-17(14-21(20)34-25)27-24(31)19-11-7-6-10-18(19)23(30)26-16-8-4-3-5-9-16/h6-7,10-14,16H,2-5,8-9,15H2,1H3,(H,26,30)(H,27,31). The van der Waals surface area contributed by atoms with E-state index in [1.807, 2.05) is 12.1 Å². The molecule has 1 aromatic heterocycles. The summed E-state index contributed by atoms with van der Waals surface area (Å²) in [7, 11) is 0. The van der Waals surface area contributed by atoms with E-state index in [1.54, 1.807) is 37.3 Å². The highest BCUT2D eigenvalue weighted by Crippen LogP contribution is 2.31. The van der Waals surface area contributed by atoms with Gasteiger partial charge in [-0.25, -0.2) is 4.98 Å². The fraction of sp³-hybridized carbons (Fsp3) is 0.360. The molecule has 1 aliphatic carbocycles. The van der Waals surface area contributed by atoms with Gasteiger partial charge in [-0.3, -0.25) is 14.4 Å². The first-order valence-electron chi connectivity index (χ1n) is 11.4. The molecule has 0 spiro atoms. The van der Waals surface area contributed by atoms with Gasteiger partial charge in [-0.2, -0.15) is 0 Å². The molecule has 1 fully saturated rings. The van der Waals surface area contributed by atoms with Crippen LogP contribution in [0.25, 0.3) is 10.2 Å². The van der Waals surface area contributed by atoms with Gasteiger partial charge < -0.3 is 15.4 Å². The topological polar surface area (TPSA) is 97.4 Å². The maximum Gasteiger partial charge on any atom is 0.316 e. The predicted molar refractivity (Wildman–Crippen MR) is 136 cm³/mol. The molecule has 0 atom stereocenters. The molecule has 9 heteroatoms. The third-order valence-corrected chi connectivity index (χ3v) is 7.74. The Morgan fingerprint density at radius 3 is 2.53 bits per heavy atom. The minimum absolute atomic E-state index is 0.169. The van der Waals surface area contributed by atoms with E-state index in [0.717, 1.165) is 40.2 Å². The van der Waals surface area contributed by atoms with Gasteiger partial charge in [0.2, 0.25) is 0 Å². The number of thiazole rings is 1. The van der Waals surface area contributed by atoms with Crippen molar-refractivity contribution in [1.82, 2.24) is 10.3 Å². The molecule has 2 aromatic carbocycles. The molecule has 2 N–H and O–H groups in total. The van der Waals surface area contributed by atoms with Crippen LogP contribution in [-0.4, -0.2) is 41.2 Å². The smallest absolute Gasteiger partial charge is 0.316 e. The second-order valence-corrected chi connectivity index (χ2v) is 10.3. The number of anilines is 1.